The summed E-state index contributed by atoms with van der Waals surface area (Å²) in [5.74, 6) is 2.00. The number of nitrogens with one attached hydrogen (secondary N) is 1. The molecule has 154 valence electrons. The molecule has 2 aromatic rings. The van der Waals surface area contributed by atoms with Crippen LogP contribution in [0.3, 0.4) is 0 Å². The first-order valence-corrected chi connectivity index (χ1v) is 10.2. The summed E-state index contributed by atoms with van der Waals surface area (Å²) in [5.41, 5.74) is 0.293. The van der Waals surface area contributed by atoms with Gasteiger partial charge in [0, 0.05) is 24.7 Å². The predicted molar refractivity (Wildman–Crippen MR) is 112 cm³/mol. The van der Waals surface area contributed by atoms with Gasteiger partial charge in [0.25, 0.3) is 5.91 Å². The third kappa shape index (κ3) is 5.57. The minimum absolute atomic E-state index is 0.0469. The number of nitrogens with zero attached hydrogens (tertiary/aromatic N) is 3. The summed E-state index contributed by atoms with van der Waals surface area (Å²) in [6.45, 7) is 10.9. The summed E-state index contributed by atoms with van der Waals surface area (Å²) in [4.78, 5) is 24.3. The second-order valence-electron chi connectivity index (χ2n) is 8.29. The molecule has 2 aromatic heterocycles. The molecule has 1 amide bonds. The van der Waals surface area contributed by atoms with Crippen LogP contribution in [0.1, 0.15) is 82.2 Å². The lowest BCUT2D eigenvalue weighted by Gasteiger charge is -2.29. The Bertz CT molecular complexity index is 744. The lowest BCUT2D eigenvalue weighted by atomic mass is 9.95. The van der Waals surface area contributed by atoms with Gasteiger partial charge in [-0.2, -0.15) is 0 Å². The van der Waals surface area contributed by atoms with Crippen LogP contribution < -0.4 is 5.32 Å². The average Bonchev–Trinajstić information content (AvgIpc) is 3.17. The Labute approximate surface area is 168 Å². The second-order valence-corrected chi connectivity index (χ2v) is 8.29. The highest BCUT2D eigenvalue weighted by Crippen LogP contribution is 2.24. The number of rotatable bonds is 9. The number of hydrogen-bond acceptors (Lipinski definition) is 5. The van der Waals surface area contributed by atoms with Gasteiger partial charge in [-0.05, 0) is 25.0 Å². The van der Waals surface area contributed by atoms with E-state index < -0.39 is 0 Å². The molecule has 0 unspecified atom stereocenters. The zero-order valence-corrected chi connectivity index (χ0v) is 18.1. The van der Waals surface area contributed by atoms with Gasteiger partial charge in [-0.1, -0.05) is 47.5 Å². The van der Waals surface area contributed by atoms with Crippen molar-refractivity contribution in [1.82, 2.24) is 14.9 Å². The van der Waals surface area contributed by atoms with Gasteiger partial charge in [-0.15, -0.1) is 0 Å². The van der Waals surface area contributed by atoms with E-state index in [0.717, 1.165) is 31.4 Å². The van der Waals surface area contributed by atoms with Crippen molar-refractivity contribution in [2.45, 2.75) is 78.3 Å². The molecule has 6 heteroatoms. The number of furan rings is 1. The summed E-state index contributed by atoms with van der Waals surface area (Å²) < 4.78 is 5.40. The van der Waals surface area contributed by atoms with Crippen molar-refractivity contribution in [2.75, 3.05) is 12.4 Å². The van der Waals surface area contributed by atoms with Crippen molar-refractivity contribution in [2.24, 2.45) is 0 Å². The van der Waals surface area contributed by atoms with E-state index in [0.29, 0.717) is 23.8 Å². The van der Waals surface area contributed by atoms with E-state index in [9.17, 15) is 4.79 Å². The highest BCUT2D eigenvalue weighted by atomic mass is 16.3. The number of aromatic nitrogens is 2. The summed E-state index contributed by atoms with van der Waals surface area (Å²) in [6, 6.07) is 3.96. The summed E-state index contributed by atoms with van der Waals surface area (Å²) in [5, 5.41) is 3.27. The highest BCUT2D eigenvalue weighted by Gasteiger charge is 2.26. The standard InChI is InChI=1S/C22H34N4O2/c1-7-10-16(11-8-2)26(6)20(27)18-15-24-21(22(3,4)5)25-19(18)23-14-17-12-9-13-28-17/h9,12-13,15-16H,7-8,10-11,14H2,1-6H3,(H,23,24,25). The molecule has 0 aliphatic heterocycles. The average molecular weight is 387 g/mol. The number of amides is 1. The van der Waals surface area contributed by atoms with Crippen LogP contribution in [0.5, 0.6) is 0 Å². The van der Waals surface area contributed by atoms with Gasteiger partial charge in [0.2, 0.25) is 0 Å². The highest BCUT2D eigenvalue weighted by molar-refractivity contribution is 5.98. The maximum absolute atomic E-state index is 13.3. The van der Waals surface area contributed by atoms with Crippen LogP contribution in [-0.2, 0) is 12.0 Å². The minimum atomic E-state index is -0.207. The molecule has 0 spiro atoms. The van der Waals surface area contributed by atoms with Gasteiger partial charge in [0.1, 0.15) is 23.0 Å². The van der Waals surface area contributed by atoms with Crippen molar-refractivity contribution in [3.05, 3.63) is 41.7 Å². The minimum Gasteiger partial charge on any atom is -0.467 e. The fourth-order valence-electron chi connectivity index (χ4n) is 3.17. The van der Waals surface area contributed by atoms with Gasteiger partial charge in [-0.25, -0.2) is 9.97 Å². The quantitative estimate of drug-likeness (QED) is 0.655. The molecule has 0 aromatic carbocycles. The van der Waals surface area contributed by atoms with Crippen molar-refractivity contribution in [3.63, 3.8) is 0 Å². The molecule has 0 saturated heterocycles. The third-order valence-electron chi connectivity index (χ3n) is 4.81. The van der Waals surface area contributed by atoms with Crippen molar-refractivity contribution < 1.29 is 9.21 Å². The van der Waals surface area contributed by atoms with E-state index >= 15 is 0 Å². The molecule has 28 heavy (non-hydrogen) atoms. The van der Waals surface area contributed by atoms with Gasteiger partial charge in [0.05, 0.1) is 12.8 Å². The summed E-state index contributed by atoms with van der Waals surface area (Å²) in [6.07, 6.45) is 7.37. The first-order valence-electron chi connectivity index (χ1n) is 10.2. The summed E-state index contributed by atoms with van der Waals surface area (Å²) in [7, 11) is 1.88. The first kappa shape index (κ1) is 21.9. The van der Waals surface area contributed by atoms with E-state index in [1.54, 1.807) is 12.5 Å². The zero-order valence-electron chi connectivity index (χ0n) is 18.1. The van der Waals surface area contributed by atoms with Crippen LogP contribution in [0.15, 0.2) is 29.0 Å². The molecule has 0 fully saturated rings. The van der Waals surface area contributed by atoms with Crippen molar-refractivity contribution in [3.8, 4) is 0 Å². The molecule has 0 aliphatic carbocycles. The Morgan fingerprint density at radius 3 is 2.46 bits per heavy atom. The van der Waals surface area contributed by atoms with E-state index in [4.69, 9.17) is 4.42 Å². The molecule has 0 radical (unpaired) electrons. The maximum Gasteiger partial charge on any atom is 0.259 e. The largest absolute Gasteiger partial charge is 0.467 e. The third-order valence-corrected chi connectivity index (χ3v) is 4.81. The Kier molecular flexibility index (Phi) is 7.61. The Hall–Kier alpha value is -2.37. The topological polar surface area (TPSA) is 71.3 Å². The monoisotopic (exact) mass is 386 g/mol. The van der Waals surface area contributed by atoms with Crippen LogP contribution in [0.25, 0.3) is 0 Å². The lowest BCUT2D eigenvalue weighted by Crippen LogP contribution is -2.37. The van der Waals surface area contributed by atoms with E-state index in [1.165, 1.54) is 0 Å². The van der Waals surface area contributed by atoms with Crippen molar-refractivity contribution >= 4 is 11.7 Å². The maximum atomic E-state index is 13.3. The molecule has 0 aliphatic rings. The SMILES string of the molecule is CCCC(CCC)N(C)C(=O)c1cnc(C(C)(C)C)nc1NCc1ccco1. The van der Waals surface area contributed by atoms with Gasteiger partial charge < -0.3 is 14.6 Å². The van der Waals surface area contributed by atoms with Crippen LogP contribution >= 0.6 is 0 Å². The molecule has 0 atom stereocenters. The first-order chi connectivity index (χ1) is 13.3. The van der Waals surface area contributed by atoms with Crippen LogP contribution in [0.2, 0.25) is 0 Å². The van der Waals surface area contributed by atoms with Crippen LogP contribution in [0.4, 0.5) is 5.82 Å². The molecule has 2 heterocycles. The Morgan fingerprint density at radius 1 is 1.25 bits per heavy atom. The summed E-state index contributed by atoms with van der Waals surface area (Å²) >= 11 is 0. The Morgan fingerprint density at radius 2 is 1.93 bits per heavy atom. The van der Waals surface area contributed by atoms with Gasteiger partial charge >= 0.3 is 0 Å². The molecular formula is C22H34N4O2. The molecule has 1 N–H and O–H groups in total. The number of carbonyl (C=O) groups excluding carboxylic acids is 1. The van der Waals surface area contributed by atoms with Gasteiger partial charge in [-0.3, -0.25) is 4.79 Å². The normalized spacial score (nSPS) is 11.7. The second kappa shape index (κ2) is 9.71. The fourth-order valence-corrected chi connectivity index (χ4v) is 3.17. The zero-order chi connectivity index (χ0) is 20.7. The lowest BCUT2D eigenvalue weighted by molar-refractivity contribution is 0.0714. The number of carbonyl (C=O) groups is 1. The molecular weight excluding hydrogens is 352 g/mol. The van der Waals surface area contributed by atoms with E-state index in [-0.39, 0.29) is 17.4 Å². The molecule has 6 nitrogen and oxygen atoms in total. The van der Waals surface area contributed by atoms with E-state index in [1.807, 2.05) is 24.1 Å². The molecule has 2 rings (SSSR count). The predicted octanol–water partition coefficient (Wildman–Crippen LogP) is 5.02. The molecule has 0 saturated carbocycles. The smallest absolute Gasteiger partial charge is 0.259 e. The van der Waals surface area contributed by atoms with Crippen LogP contribution in [-0.4, -0.2) is 33.9 Å². The van der Waals surface area contributed by atoms with Gasteiger partial charge in [0.15, 0.2) is 0 Å². The van der Waals surface area contributed by atoms with E-state index in [2.05, 4.69) is 49.9 Å². The van der Waals surface area contributed by atoms with Crippen molar-refractivity contribution in [1.29, 1.82) is 0 Å². The Balaban J connectivity index is 2.33. The fraction of sp³-hybridized carbons (Fsp3) is 0.591. The molecule has 0 bridgehead atoms. The van der Waals surface area contributed by atoms with Crippen LogP contribution in [0, 0.1) is 0 Å². The number of hydrogen-bond donors (Lipinski definition) is 1. The number of anilines is 1.